The van der Waals surface area contributed by atoms with Crippen LogP contribution in [0.4, 0.5) is 13.2 Å². The highest BCUT2D eigenvalue weighted by Crippen LogP contribution is 2.37. The van der Waals surface area contributed by atoms with Crippen molar-refractivity contribution in [3.63, 3.8) is 0 Å². The Bertz CT molecular complexity index is 589. The lowest BCUT2D eigenvalue weighted by Gasteiger charge is -2.03. The summed E-state index contributed by atoms with van der Waals surface area (Å²) in [7, 11) is 0. The van der Waals surface area contributed by atoms with Crippen molar-refractivity contribution in [3.8, 4) is 10.4 Å². The van der Waals surface area contributed by atoms with Gasteiger partial charge in [0.15, 0.2) is 5.01 Å². The smallest absolute Gasteiger partial charge is 0.298 e. The Morgan fingerprint density at radius 1 is 1.33 bits per heavy atom. The molecular formula is C12H8F3NOS. The Kier molecular flexibility index (Phi) is 3.21. The lowest BCUT2D eigenvalue weighted by atomic mass is 10.0. The first kappa shape index (κ1) is 12.8. The minimum atomic E-state index is -4.43. The van der Waals surface area contributed by atoms with Crippen LogP contribution in [0.1, 0.15) is 20.9 Å². The van der Waals surface area contributed by atoms with Crippen LogP contribution in [-0.2, 0) is 6.18 Å². The summed E-state index contributed by atoms with van der Waals surface area (Å²) in [6.45, 7) is 1.77. The van der Waals surface area contributed by atoms with Crippen LogP contribution < -0.4 is 0 Å². The number of aromatic nitrogens is 1. The second-order valence-corrected chi connectivity index (χ2v) is 4.75. The predicted octanol–water partition coefficient (Wildman–Crippen LogP) is 3.95. The van der Waals surface area contributed by atoms with E-state index < -0.39 is 11.2 Å². The number of nitrogens with zero attached hydrogens (tertiary/aromatic N) is 1. The third kappa shape index (κ3) is 2.43. The zero-order valence-corrected chi connectivity index (χ0v) is 10.1. The molecule has 0 saturated heterocycles. The number of thiazole rings is 1. The van der Waals surface area contributed by atoms with Gasteiger partial charge in [0.2, 0.25) is 0 Å². The van der Waals surface area contributed by atoms with Gasteiger partial charge in [-0.2, -0.15) is 13.2 Å². The molecule has 0 spiro atoms. The first-order chi connectivity index (χ1) is 8.41. The highest BCUT2D eigenvalue weighted by atomic mass is 32.1. The zero-order chi connectivity index (χ0) is 13.3. The molecule has 18 heavy (non-hydrogen) atoms. The van der Waals surface area contributed by atoms with Gasteiger partial charge in [-0.05, 0) is 24.1 Å². The van der Waals surface area contributed by atoms with Crippen molar-refractivity contribution < 1.29 is 18.0 Å². The van der Waals surface area contributed by atoms with E-state index in [1.54, 1.807) is 25.1 Å². The Morgan fingerprint density at radius 3 is 2.61 bits per heavy atom. The number of hydrogen-bond acceptors (Lipinski definition) is 3. The van der Waals surface area contributed by atoms with Gasteiger partial charge >= 0.3 is 6.18 Å². The number of carbonyl (C=O) groups excluding carboxylic acids is 1. The fourth-order valence-corrected chi connectivity index (χ4v) is 2.37. The van der Waals surface area contributed by atoms with Gasteiger partial charge in [-0.3, -0.25) is 4.79 Å². The normalized spacial score (nSPS) is 11.6. The molecule has 1 aromatic carbocycles. The molecule has 0 amide bonds. The van der Waals surface area contributed by atoms with Gasteiger partial charge in [0.25, 0.3) is 0 Å². The van der Waals surface area contributed by atoms with Gasteiger partial charge in [-0.15, -0.1) is 11.3 Å². The molecule has 1 aromatic heterocycles. The summed E-state index contributed by atoms with van der Waals surface area (Å²) in [5, 5.41) is -0.881. The maximum absolute atomic E-state index is 12.5. The van der Waals surface area contributed by atoms with E-state index in [-0.39, 0.29) is 0 Å². The van der Waals surface area contributed by atoms with Crippen LogP contribution in [0, 0.1) is 6.92 Å². The summed E-state index contributed by atoms with van der Waals surface area (Å²) < 4.78 is 37.4. The summed E-state index contributed by atoms with van der Waals surface area (Å²) in [5.41, 5.74) is 1.84. The van der Waals surface area contributed by atoms with E-state index in [2.05, 4.69) is 4.98 Å². The molecule has 0 aliphatic rings. The first-order valence-electron chi connectivity index (χ1n) is 5.01. The van der Waals surface area contributed by atoms with Crippen molar-refractivity contribution in [2.45, 2.75) is 13.1 Å². The fraction of sp³-hybridized carbons (Fsp3) is 0.167. The van der Waals surface area contributed by atoms with Crippen LogP contribution >= 0.6 is 11.3 Å². The van der Waals surface area contributed by atoms with Crippen LogP contribution in [-0.4, -0.2) is 11.3 Å². The summed E-state index contributed by atoms with van der Waals surface area (Å²) in [5.74, 6) is 0. The molecule has 0 aliphatic heterocycles. The first-order valence-corrected chi connectivity index (χ1v) is 5.82. The molecule has 0 saturated carbocycles. The van der Waals surface area contributed by atoms with Crippen molar-refractivity contribution in [1.82, 2.24) is 4.98 Å². The van der Waals surface area contributed by atoms with Crippen LogP contribution in [0.15, 0.2) is 24.4 Å². The number of benzene rings is 1. The zero-order valence-electron chi connectivity index (χ0n) is 9.28. The molecule has 94 valence electrons. The maximum atomic E-state index is 12.5. The fourth-order valence-electron chi connectivity index (χ4n) is 1.51. The van der Waals surface area contributed by atoms with Crippen LogP contribution in [0.3, 0.4) is 0 Å². The molecule has 0 aliphatic carbocycles. The van der Waals surface area contributed by atoms with Crippen molar-refractivity contribution in [2.24, 2.45) is 0 Å². The topological polar surface area (TPSA) is 30.0 Å². The van der Waals surface area contributed by atoms with E-state index in [1.165, 1.54) is 6.20 Å². The van der Waals surface area contributed by atoms with Crippen molar-refractivity contribution in [2.75, 3.05) is 0 Å². The molecule has 6 heteroatoms. The van der Waals surface area contributed by atoms with Gasteiger partial charge in [-0.1, -0.05) is 12.1 Å². The molecular weight excluding hydrogens is 263 g/mol. The maximum Gasteiger partial charge on any atom is 0.443 e. The summed E-state index contributed by atoms with van der Waals surface area (Å²) in [6, 6.07) is 4.89. The van der Waals surface area contributed by atoms with E-state index in [1.807, 2.05) is 0 Å². The molecule has 0 bridgehead atoms. The number of aryl methyl sites for hydroxylation is 1. The number of aldehydes is 1. The molecule has 0 atom stereocenters. The number of hydrogen-bond donors (Lipinski definition) is 0. The van der Waals surface area contributed by atoms with E-state index in [0.29, 0.717) is 33.6 Å². The lowest BCUT2D eigenvalue weighted by molar-refractivity contribution is -0.137. The van der Waals surface area contributed by atoms with Gasteiger partial charge < -0.3 is 0 Å². The monoisotopic (exact) mass is 271 g/mol. The summed E-state index contributed by atoms with van der Waals surface area (Å²) in [4.78, 5) is 14.4. The van der Waals surface area contributed by atoms with E-state index >= 15 is 0 Å². The van der Waals surface area contributed by atoms with Gasteiger partial charge in [-0.25, -0.2) is 4.98 Å². The van der Waals surface area contributed by atoms with Gasteiger partial charge in [0.05, 0.1) is 4.88 Å². The predicted molar refractivity (Wildman–Crippen MR) is 62.7 cm³/mol. The molecule has 2 nitrogen and oxygen atoms in total. The third-order valence-corrected chi connectivity index (χ3v) is 3.49. The third-order valence-electron chi connectivity index (χ3n) is 2.41. The van der Waals surface area contributed by atoms with Crippen LogP contribution in [0.5, 0.6) is 0 Å². The standard InChI is InChI=1S/C12H8F3NOS/c1-7-2-3-8(6-17)4-9(7)10-5-16-11(18-10)12(13,14)15/h2-6H,1H3. The van der Waals surface area contributed by atoms with E-state index in [0.717, 1.165) is 5.56 Å². The van der Waals surface area contributed by atoms with Crippen LogP contribution in [0.25, 0.3) is 10.4 Å². The quantitative estimate of drug-likeness (QED) is 0.774. The van der Waals surface area contributed by atoms with Crippen molar-refractivity contribution in [3.05, 3.63) is 40.5 Å². The number of alkyl halides is 3. The molecule has 0 unspecified atom stereocenters. The average molecular weight is 271 g/mol. The van der Waals surface area contributed by atoms with Crippen LogP contribution in [0.2, 0.25) is 0 Å². The summed E-state index contributed by atoms with van der Waals surface area (Å²) >= 11 is 0.574. The second kappa shape index (κ2) is 4.53. The number of carbonyl (C=O) groups is 1. The molecule has 0 N–H and O–H groups in total. The Balaban J connectivity index is 2.49. The average Bonchev–Trinajstić information content (AvgIpc) is 2.78. The Hall–Kier alpha value is -1.69. The minimum Gasteiger partial charge on any atom is -0.298 e. The SMILES string of the molecule is Cc1ccc(C=O)cc1-c1cnc(C(F)(F)F)s1. The molecule has 1 heterocycles. The second-order valence-electron chi connectivity index (χ2n) is 3.72. The van der Waals surface area contributed by atoms with Crippen molar-refractivity contribution >= 4 is 17.6 Å². The van der Waals surface area contributed by atoms with E-state index in [9.17, 15) is 18.0 Å². The molecule has 0 radical (unpaired) electrons. The molecule has 2 aromatic rings. The number of halogens is 3. The molecule has 2 rings (SSSR count). The van der Waals surface area contributed by atoms with Gasteiger partial charge in [0.1, 0.15) is 6.29 Å². The lowest BCUT2D eigenvalue weighted by Crippen LogP contribution is -2.02. The minimum absolute atomic E-state index is 0.406. The van der Waals surface area contributed by atoms with Gasteiger partial charge in [0, 0.05) is 11.8 Å². The summed E-state index contributed by atoms with van der Waals surface area (Å²) in [6.07, 6.45) is -2.59. The Morgan fingerprint density at radius 2 is 2.06 bits per heavy atom. The highest BCUT2D eigenvalue weighted by molar-refractivity contribution is 7.15. The largest absolute Gasteiger partial charge is 0.443 e. The Labute approximate surface area is 105 Å². The van der Waals surface area contributed by atoms with E-state index in [4.69, 9.17) is 0 Å². The number of rotatable bonds is 2. The highest BCUT2D eigenvalue weighted by Gasteiger charge is 2.34. The molecule has 0 fully saturated rings. The van der Waals surface area contributed by atoms with Crippen molar-refractivity contribution in [1.29, 1.82) is 0 Å².